The van der Waals surface area contributed by atoms with E-state index in [0.717, 1.165) is 23.9 Å². The minimum atomic E-state index is -1.49. The van der Waals surface area contributed by atoms with Gasteiger partial charge < -0.3 is 10.2 Å². The van der Waals surface area contributed by atoms with E-state index in [2.05, 4.69) is 0 Å². The molecule has 0 radical (unpaired) electrons. The molecule has 0 saturated heterocycles. The van der Waals surface area contributed by atoms with Crippen LogP contribution < -0.4 is 0 Å². The van der Waals surface area contributed by atoms with Crippen LogP contribution in [-0.2, 0) is 4.79 Å². The first-order chi connectivity index (χ1) is 9.73. The van der Waals surface area contributed by atoms with Crippen molar-refractivity contribution in [3.63, 3.8) is 0 Å². The van der Waals surface area contributed by atoms with Gasteiger partial charge in [-0.15, -0.1) is 0 Å². The topological polar surface area (TPSA) is 101 Å². The quantitative estimate of drug-likeness (QED) is 0.602. The van der Waals surface area contributed by atoms with E-state index in [4.69, 9.17) is 23.2 Å². The Kier molecular flexibility index (Phi) is 6.89. The zero-order valence-corrected chi connectivity index (χ0v) is 13.3. The number of hydrogen-bond donors (Lipinski definition) is 2. The van der Waals surface area contributed by atoms with E-state index in [9.17, 15) is 25.1 Å². The molecular formula is C12H13Cl2NO5S. The van der Waals surface area contributed by atoms with E-state index in [1.165, 1.54) is 6.92 Å². The summed E-state index contributed by atoms with van der Waals surface area (Å²) in [6.45, 7) is 1.39. The fraction of sp³-hybridized carbons (Fsp3) is 0.417. The first-order valence-electron chi connectivity index (χ1n) is 5.86. The highest BCUT2D eigenvalue weighted by Gasteiger charge is 2.27. The molecule has 0 bridgehead atoms. The highest BCUT2D eigenvalue weighted by molar-refractivity contribution is 8.13. The van der Waals surface area contributed by atoms with E-state index in [1.807, 2.05) is 0 Å². The number of halogens is 2. The Bertz CT molecular complexity index is 555. The van der Waals surface area contributed by atoms with Crippen molar-refractivity contribution in [2.45, 2.75) is 25.6 Å². The number of benzene rings is 1. The van der Waals surface area contributed by atoms with Crippen molar-refractivity contribution in [3.8, 4) is 0 Å². The second kappa shape index (κ2) is 7.95. The summed E-state index contributed by atoms with van der Waals surface area (Å²) < 4.78 is 0. The Hall–Kier alpha value is -0.860. The van der Waals surface area contributed by atoms with Gasteiger partial charge in [0.05, 0.1) is 26.6 Å². The van der Waals surface area contributed by atoms with E-state index in [1.54, 1.807) is 0 Å². The number of carbonyl (C=O) groups excluding carboxylic acids is 1. The van der Waals surface area contributed by atoms with Gasteiger partial charge in [0, 0.05) is 18.7 Å². The van der Waals surface area contributed by atoms with E-state index in [0.29, 0.717) is 5.75 Å². The predicted molar refractivity (Wildman–Crippen MR) is 81.8 cm³/mol. The fourth-order valence-corrected chi connectivity index (χ4v) is 2.61. The maximum atomic E-state index is 11.0. The van der Waals surface area contributed by atoms with Gasteiger partial charge in [0.15, 0.2) is 5.12 Å². The molecule has 2 atom stereocenters. The average Bonchev–Trinajstić information content (AvgIpc) is 2.39. The number of aliphatic hydroxyl groups excluding tert-OH is 2. The molecule has 6 nitrogen and oxygen atoms in total. The Balaban J connectivity index is 2.95. The van der Waals surface area contributed by atoms with Gasteiger partial charge in [-0.2, -0.15) is 0 Å². The van der Waals surface area contributed by atoms with Crippen LogP contribution in [0.1, 0.15) is 25.0 Å². The van der Waals surface area contributed by atoms with Crippen molar-refractivity contribution >= 4 is 45.8 Å². The molecule has 1 rings (SSSR count). The number of nitro groups is 1. The number of nitrogens with zero attached hydrogens (tertiary/aromatic N) is 1. The van der Waals surface area contributed by atoms with Gasteiger partial charge >= 0.3 is 0 Å². The molecule has 0 aliphatic heterocycles. The predicted octanol–water partition coefficient (Wildman–Crippen LogP) is 2.97. The summed E-state index contributed by atoms with van der Waals surface area (Å²) in [5, 5.41) is 30.8. The summed E-state index contributed by atoms with van der Waals surface area (Å²) in [4.78, 5) is 21.1. The monoisotopic (exact) mass is 353 g/mol. The molecule has 2 N–H and O–H groups in total. The lowest BCUT2D eigenvalue weighted by Gasteiger charge is -2.18. The second-order valence-electron chi connectivity index (χ2n) is 4.22. The number of hydrogen-bond acceptors (Lipinski definition) is 6. The van der Waals surface area contributed by atoms with Crippen LogP contribution in [-0.4, -0.2) is 32.1 Å². The molecular weight excluding hydrogens is 341 g/mol. The lowest BCUT2D eigenvalue weighted by atomic mass is 10.0. The number of carbonyl (C=O) groups is 1. The molecule has 0 heterocycles. The number of nitro benzene ring substituents is 1. The van der Waals surface area contributed by atoms with Gasteiger partial charge in [0.2, 0.25) is 0 Å². The summed E-state index contributed by atoms with van der Waals surface area (Å²) >= 11 is 12.5. The SMILES string of the molecule is CC(=O)SCCC(O)C(O)c1cc(Cl)c(Cl)cc1[N+](=O)[O-]. The summed E-state index contributed by atoms with van der Waals surface area (Å²) in [6, 6.07) is 2.19. The highest BCUT2D eigenvalue weighted by Crippen LogP contribution is 2.35. The molecule has 0 amide bonds. The van der Waals surface area contributed by atoms with Gasteiger partial charge in [-0.25, -0.2) is 0 Å². The number of rotatable bonds is 6. The maximum absolute atomic E-state index is 11.0. The van der Waals surface area contributed by atoms with Gasteiger partial charge in [0.25, 0.3) is 5.69 Å². The molecule has 0 aliphatic rings. The Morgan fingerprint density at radius 3 is 2.48 bits per heavy atom. The summed E-state index contributed by atoms with van der Waals surface area (Å²) in [5.74, 6) is 0.294. The molecule has 0 fully saturated rings. The van der Waals surface area contributed by atoms with Crippen LogP contribution in [0, 0.1) is 10.1 Å². The van der Waals surface area contributed by atoms with Crippen LogP contribution in [0.25, 0.3) is 0 Å². The van der Waals surface area contributed by atoms with Crippen molar-refractivity contribution in [2.75, 3.05) is 5.75 Å². The third-order valence-electron chi connectivity index (χ3n) is 2.67. The molecule has 21 heavy (non-hydrogen) atoms. The Morgan fingerprint density at radius 2 is 1.95 bits per heavy atom. The molecule has 0 saturated carbocycles. The molecule has 0 spiro atoms. The molecule has 1 aromatic rings. The van der Waals surface area contributed by atoms with Crippen LogP contribution in [0.15, 0.2) is 12.1 Å². The Labute approximate surface area is 135 Å². The van der Waals surface area contributed by atoms with Gasteiger partial charge in [0.1, 0.15) is 6.10 Å². The van der Waals surface area contributed by atoms with Gasteiger partial charge in [-0.1, -0.05) is 35.0 Å². The summed E-state index contributed by atoms with van der Waals surface area (Å²) in [7, 11) is 0. The summed E-state index contributed by atoms with van der Waals surface area (Å²) in [5.41, 5.74) is -0.537. The lowest BCUT2D eigenvalue weighted by Crippen LogP contribution is -2.20. The minimum absolute atomic E-state index is 0.0130. The summed E-state index contributed by atoms with van der Waals surface area (Å²) in [6.07, 6.45) is -2.65. The molecule has 0 aliphatic carbocycles. The number of thioether (sulfide) groups is 1. The van der Waals surface area contributed by atoms with Gasteiger partial charge in [-0.05, 0) is 12.5 Å². The highest BCUT2D eigenvalue weighted by atomic mass is 35.5. The molecule has 9 heteroatoms. The van der Waals surface area contributed by atoms with Crippen molar-refractivity contribution < 1.29 is 19.9 Å². The van der Waals surface area contributed by atoms with Crippen molar-refractivity contribution in [1.82, 2.24) is 0 Å². The molecule has 0 aromatic heterocycles. The van der Waals surface area contributed by atoms with Crippen molar-refractivity contribution in [2.24, 2.45) is 0 Å². The minimum Gasteiger partial charge on any atom is -0.390 e. The Morgan fingerprint density at radius 1 is 1.38 bits per heavy atom. The lowest BCUT2D eigenvalue weighted by molar-refractivity contribution is -0.386. The fourth-order valence-electron chi connectivity index (χ4n) is 1.64. The maximum Gasteiger partial charge on any atom is 0.276 e. The van der Waals surface area contributed by atoms with E-state index < -0.39 is 22.8 Å². The van der Waals surface area contributed by atoms with E-state index >= 15 is 0 Å². The number of aliphatic hydroxyl groups is 2. The molecule has 116 valence electrons. The molecule has 2 unspecified atom stereocenters. The normalized spacial score (nSPS) is 13.8. The average molecular weight is 354 g/mol. The third kappa shape index (κ3) is 5.12. The third-order valence-corrected chi connectivity index (χ3v) is 4.24. The largest absolute Gasteiger partial charge is 0.390 e. The molecule has 1 aromatic carbocycles. The van der Waals surface area contributed by atoms with E-state index in [-0.39, 0.29) is 27.1 Å². The zero-order valence-electron chi connectivity index (χ0n) is 11.0. The van der Waals surface area contributed by atoms with Crippen molar-refractivity contribution in [3.05, 3.63) is 37.9 Å². The van der Waals surface area contributed by atoms with Crippen LogP contribution in [0.2, 0.25) is 10.0 Å². The second-order valence-corrected chi connectivity index (χ2v) is 6.31. The first kappa shape index (κ1) is 18.2. The van der Waals surface area contributed by atoms with Crippen LogP contribution in [0.5, 0.6) is 0 Å². The smallest absolute Gasteiger partial charge is 0.276 e. The van der Waals surface area contributed by atoms with Crippen LogP contribution in [0.3, 0.4) is 0 Å². The van der Waals surface area contributed by atoms with Crippen molar-refractivity contribution in [1.29, 1.82) is 0 Å². The standard InChI is InChI=1S/C12H13Cl2NO5S/c1-6(16)21-3-2-11(17)12(18)7-4-8(13)9(14)5-10(7)15(19)20/h4-5,11-12,17-18H,2-3H2,1H3. The first-order valence-corrected chi connectivity index (χ1v) is 7.61. The van der Waals surface area contributed by atoms with Gasteiger partial charge in [-0.3, -0.25) is 14.9 Å². The van der Waals surface area contributed by atoms with Crippen LogP contribution in [0.4, 0.5) is 5.69 Å². The van der Waals surface area contributed by atoms with Crippen LogP contribution >= 0.6 is 35.0 Å². The zero-order chi connectivity index (χ0) is 16.2.